The zero-order chi connectivity index (χ0) is 9.84. The van der Waals surface area contributed by atoms with Crippen molar-refractivity contribution in [3.05, 3.63) is 47.8 Å². The Morgan fingerprint density at radius 1 is 1.54 bits per heavy atom. The van der Waals surface area contributed by atoms with Gasteiger partial charge in [-0.3, -0.25) is 0 Å². The van der Waals surface area contributed by atoms with Crippen LogP contribution in [0.15, 0.2) is 30.9 Å². The van der Waals surface area contributed by atoms with E-state index in [2.05, 4.69) is 6.58 Å². The van der Waals surface area contributed by atoms with E-state index in [1.54, 1.807) is 18.2 Å². The third-order valence-electron chi connectivity index (χ3n) is 1.94. The molecule has 13 heavy (non-hydrogen) atoms. The summed E-state index contributed by atoms with van der Waals surface area (Å²) in [5.74, 6) is -0.308. The first-order chi connectivity index (χ1) is 6.19. The molecule has 0 aromatic heterocycles. The molecule has 70 valence electrons. The van der Waals surface area contributed by atoms with E-state index in [1.807, 2.05) is 0 Å². The lowest BCUT2D eigenvalue weighted by Gasteiger charge is -2.08. The van der Waals surface area contributed by atoms with Crippen LogP contribution in [0.4, 0.5) is 4.39 Å². The molecule has 0 aliphatic heterocycles. The van der Waals surface area contributed by atoms with E-state index in [1.165, 1.54) is 6.07 Å². The number of rotatable bonds is 3. The van der Waals surface area contributed by atoms with Crippen LogP contribution in [0.3, 0.4) is 0 Å². The first-order valence-electron chi connectivity index (χ1n) is 4.05. The second-order valence-corrected chi connectivity index (χ2v) is 2.82. The van der Waals surface area contributed by atoms with Crippen LogP contribution in [-0.2, 0) is 6.54 Å². The fraction of sp³-hybridized carbons (Fsp3) is 0.200. The Balaban J connectivity index is 3.02. The molecule has 1 rings (SSSR count). The van der Waals surface area contributed by atoms with Gasteiger partial charge in [-0.15, -0.1) is 6.58 Å². The minimum Gasteiger partial charge on any atom is -0.326 e. The van der Waals surface area contributed by atoms with Crippen LogP contribution in [-0.4, -0.2) is 0 Å². The van der Waals surface area contributed by atoms with Gasteiger partial charge in [0.15, 0.2) is 0 Å². The minimum absolute atomic E-state index is 0.204. The number of hydrogen-bond donors (Lipinski definition) is 2. The molecular weight excluding hydrogens is 167 g/mol. The summed E-state index contributed by atoms with van der Waals surface area (Å²) in [6.07, 6.45) is 1.57. The van der Waals surface area contributed by atoms with Gasteiger partial charge in [-0.1, -0.05) is 18.2 Å². The van der Waals surface area contributed by atoms with Crippen LogP contribution in [0.2, 0.25) is 0 Å². The predicted octanol–water partition coefficient (Wildman–Crippen LogP) is 1.47. The fourth-order valence-corrected chi connectivity index (χ4v) is 1.07. The average Bonchev–Trinajstić information content (AvgIpc) is 2.16. The van der Waals surface area contributed by atoms with Gasteiger partial charge in [-0.25, -0.2) is 4.39 Å². The molecule has 0 saturated heterocycles. The molecule has 0 spiro atoms. The summed E-state index contributed by atoms with van der Waals surface area (Å²) < 4.78 is 13.2. The molecule has 1 aromatic rings. The average molecular weight is 180 g/mol. The summed E-state index contributed by atoms with van der Waals surface area (Å²) in [7, 11) is 0. The Bertz CT molecular complexity index is 310. The first-order valence-corrected chi connectivity index (χ1v) is 4.05. The molecule has 4 N–H and O–H groups in total. The third-order valence-corrected chi connectivity index (χ3v) is 1.94. The lowest BCUT2D eigenvalue weighted by Crippen LogP contribution is -2.08. The van der Waals surface area contributed by atoms with Crippen molar-refractivity contribution in [1.82, 2.24) is 0 Å². The quantitative estimate of drug-likeness (QED) is 0.692. The molecule has 0 aliphatic rings. The highest BCUT2D eigenvalue weighted by atomic mass is 19.1. The van der Waals surface area contributed by atoms with Gasteiger partial charge in [0.25, 0.3) is 0 Å². The Morgan fingerprint density at radius 2 is 2.23 bits per heavy atom. The Labute approximate surface area is 77.0 Å². The molecule has 0 heterocycles. The van der Waals surface area contributed by atoms with E-state index in [4.69, 9.17) is 11.5 Å². The largest absolute Gasteiger partial charge is 0.326 e. The van der Waals surface area contributed by atoms with Crippen molar-refractivity contribution in [2.24, 2.45) is 11.5 Å². The number of benzene rings is 1. The van der Waals surface area contributed by atoms with Gasteiger partial charge in [-0.2, -0.15) is 0 Å². The van der Waals surface area contributed by atoms with Crippen LogP contribution < -0.4 is 11.5 Å². The maximum Gasteiger partial charge on any atom is 0.128 e. The molecule has 0 radical (unpaired) electrons. The van der Waals surface area contributed by atoms with E-state index in [0.717, 1.165) is 0 Å². The highest BCUT2D eigenvalue weighted by Crippen LogP contribution is 2.15. The lowest BCUT2D eigenvalue weighted by molar-refractivity contribution is 0.607. The van der Waals surface area contributed by atoms with E-state index < -0.39 is 0 Å². The standard InChI is InChI=1S/C10H13FN2/c1-2-10(13)7-3-4-8(6-12)9(11)5-7/h2-5,10H,1,6,12-13H2/t10-/m0/s1. The summed E-state index contributed by atoms with van der Waals surface area (Å²) in [6, 6.07) is 4.49. The predicted molar refractivity (Wildman–Crippen MR) is 51.4 cm³/mol. The van der Waals surface area contributed by atoms with Gasteiger partial charge in [-0.05, 0) is 11.6 Å². The normalized spacial score (nSPS) is 12.5. The molecule has 3 heteroatoms. The Kier molecular flexibility index (Phi) is 3.17. The Hall–Kier alpha value is -1.19. The zero-order valence-corrected chi connectivity index (χ0v) is 7.33. The molecule has 1 atom stereocenters. The maximum absolute atomic E-state index is 13.2. The molecule has 0 saturated carbocycles. The molecule has 0 amide bonds. The van der Waals surface area contributed by atoms with Crippen molar-refractivity contribution in [2.75, 3.05) is 0 Å². The summed E-state index contributed by atoms with van der Waals surface area (Å²) in [6.45, 7) is 3.74. The molecule has 0 fully saturated rings. The van der Waals surface area contributed by atoms with Crippen molar-refractivity contribution >= 4 is 0 Å². The molecule has 1 aromatic carbocycles. The second-order valence-electron chi connectivity index (χ2n) is 2.82. The van der Waals surface area contributed by atoms with Crippen LogP contribution in [0.5, 0.6) is 0 Å². The van der Waals surface area contributed by atoms with E-state index in [9.17, 15) is 4.39 Å². The summed E-state index contributed by atoms with van der Waals surface area (Å²) in [5.41, 5.74) is 12.2. The van der Waals surface area contributed by atoms with Gasteiger partial charge in [0, 0.05) is 18.2 Å². The van der Waals surface area contributed by atoms with Gasteiger partial charge in [0.1, 0.15) is 5.82 Å². The lowest BCUT2D eigenvalue weighted by atomic mass is 10.1. The molecular formula is C10H13FN2. The molecule has 0 unspecified atom stereocenters. The highest BCUT2D eigenvalue weighted by Gasteiger charge is 2.05. The van der Waals surface area contributed by atoms with Crippen molar-refractivity contribution in [3.8, 4) is 0 Å². The summed E-state index contributed by atoms with van der Waals surface area (Å²) >= 11 is 0. The zero-order valence-electron chi connectivity index (χ0n) is 7.33. The highest BCUT2D eigenvalue weighted by molar-refractivity contribution is 5.28. The molecule has 0 bridgehead atoms. The molecule has 2 nitrogen and oxygen atoms in total. The van der Waals surface area contributed by atoms with Gasteiger partial charge < -0.3 is 11.5 Å². The van der Waals surface area contributed by atoms with Crippen LogP contribution >= 0.6 is 0 Å². The van der Waals surface area contributed by atoms with Crippen LogP contribution in [0.25, 0.3) is 0 Å². The van der Waals surface area contributed by atoms with Crippen molar-refractivity contribution in [2.45, 2.75) is 12.6 Å². The van der Waals surface area contributed by atoms with Gasteiger partial charge >= 0.3 is 0 Å². The summed E-state index contributed by atoms with van der Waals surface area (Å²) in [4.78, 5) is 0. The van der Waals surface area contributed by atoms with Crippen molar-refractivity contribution in [3.63, 3.8) is 0 Å². The van der Waals surface area contributed by atoms with Crippen molar-refractivity contribution in [1.29, 1.82) is 0 Å². The van der Waals surface area contributed by atoms with Crippen molar-refractivity contribution < 1.29 is 4.39 Å². The topological polar surface area (TPSA) is 52.0 Å². The smallest absolute Gasteiger partial charge is 0.128 e. The first kappa shape index (κ1) is 9.89. The van der Waals surface area contributed by atoms with Gasteiger partial charge in [0.05, 0.1) is 0 Å². The van der Waals surface area contributed by atoms with E-state index >= 15 is 0 Å². The van der Waals surface area contributed by atoms with Gasteiger partial charge in [0.2, 0.25) is 0 Å². The van der Waals surface area contributed by atoms with E-state index in [0.29, 0.717) is 11.1 Å². The monoisotopic (exact) mass is 180 g/mol. The SMILES string of the molecule is C=C[C@H](N)c1ccc(CN)c(F)c1. The maximum atomic E-state index is 13.2. The van der Waals surface area contributed by atoms with Crippen LogP contribution in [0.1, 0.15) is 17.2 Å². The molecule has 0 aliphatic carbocycles. The second kappa shape index (κ2) is 4.16. The number of hydrogen-bond acceptors (Lipinski definition) is 2. The third kappa shape index (κ3) is 2.14. The Morgan fingerprint density at radius 3 is 2.69 bits per heavy atom. The minimum atomic E-state index is -0.318. The summed E-state index contributed by atoms with van der Waals surface area (Å²) in [5, 5.41) is 0. The van der Waals surface area contributed by atoms with Crippen LogP contribution in [0, 0.1) is 5.82 Å². The number of halogens is 1. The fourth-order valence-electron chi connectivity index (χ4n) is 1.07. The number of nitrogens with two attached hydrogens (primary N) is 2. The van der Waals surface area contributed by atoms with E-state index in [-0.39, 0.29) is 18.4 Å².